The van der Waals surface area contributed by atoms with E-state index in [0.29, 0.717) is 28.9 Å². The van der Waals surface area contributed by atoms with Crippen molar-refractivity contribution < 1.29 is 14.3 Å². The van der Waals surface area contributed by atoms with Crippen LogP contribution in [0.4, 0.5) is 0 Å². The van der Waals surface area contributed by atoms with E-state index in [0.717, 1.165) is 10.0 Å². The van der Waals surface area contributed by atoms with E-state index in [1.165, 1.54) is 0 Å². The van der Waals surface area contributed by atoms with Gasteiger partial charge in [-0.1, -0.05) is 0 Å². The monoisotopic (exact) mass is 356 g/mol. The van der Waals surface area contributed by atoms with Gasteiger partial charge in [-0.25, -0.2) is 0 Å². The number of carbonyl (C=O) groups is 1. The highest BCUT2D eigenvalue weighted by molar-refractivity contribution is 9.10. The SMILES string of the molecule is CCOc1c(Br)cc(C=C2NC(=S)NC2=O)cc1OC. The molecule has 0 aromatic heterocycles. The van der Waals surface area contributed by atoms with Crippen LogP contribution in [0.3, 0.4) is 0 Å². The lowest BCUT2D eigenvalue weighted by molar-refractivity contribution is -0.115. The average Bonchev–Trinajstić information content (AvgIpc) is 2.70. The smallest absolute Gasteiger partial charge is 0.273 e. The van der Waals surface area contributed by atoms with E-state index < -0.39 is 0 Å². The lowest BCUT2D eigenvalue weighted by atomic mass is 10.1. The minimum Gasteiger partial charge on any atom is -0.493 e. The first-order valence-electron chi connectivity index (χ1n) is 5.89. The molecular weight excluding hydrogens is 344 g/mol. The second-order valence-corrected chi connectivity index (χ2v) is 5.20. The number of ether oxygens (including phenoxy) is 2. The number of benzene rings is 1. The molecule has 5 nitrogen and oxygen atoms in total. The first-order valence-corrected chi connectivity index (χ1v) is 7.09. The highest BCUT2D eigenvalue weighted by Crippen LogP contribution is 2.37. The maximum atomic E-state index is 11.6. The van der Waals surface area contributed by atoms with E-state index in [9.17, 15) is 4.79 Å². The molecule has 0 aliphatic carbocycles. The van der Waals surface area contributed by atoms with Crippen LogP contribution in [0, 0.1) is 0 Å². The molecule has 0 unspecified atom stereocenters. The number of hydrogen-bond donors (Lipinski definition) is 2. The summed E-state index contributed by atoms with van der Waals surface area (Å²) in [6.45, 7) is 2.43. The molecular formula is C13H13BrN2O3S. The predicted molar refractivity (Wildman–Crippen MR) is 83.7 cm³/mol. The summed E-state index contributed by atoms with van der Waals surface area (Å²) in [7, 11) is 1.57. The maximum Gasteiger partial charge on any atom is 0.273 e. The van der Waals surface area contributed by atoms with E-state index >= 15 is 0 Å². The molecule has 0 radical (unpaired) electrons. The van der Waals surface area contributed by atoms with Crippen molar-refractivity contribution in [3.8, 4) is 11.5 Å². The fraction of sp³-hybridized carbons (Fsp3) is 0.231. The molecule has 1 aromatic carbocycles. The van der Waals surface area contributed by atoms with Crippen molar-refractivity contribution in [2.24, 2.45) is 0 Å². The fourth-order valence-corrected chi connectivity index (χ4v) is 2.53. The molecule has 1 heterocycles. The Morgan fingerprint density at radius 1 is 1.40 bits per heavy atom. The molecule has 20 heavy (non-hydrogen) atoms. The zero-order valence-corrected chi connectivity index (χ0v) is 13.4. The van der Waals surface area contributed by atoms with Crippen LogP contribution < -0.4 is 20.1 Å². The second-order valence-electron chi connectivity index (χ2n) is 3.93. The van der Waals surface area contributed by atoms with Gasteiger partial charge in [-0.2, -0.15) is 0 Å². The van der Waals surface area contributed by atoms with Gasteiger partial charge in [0.2, 0.25) is 0 Å². The molecule has 2 N–H and O–H groups in total. The predicted octanol–water partition coefficient (Wildman–Crippen LogP) is 2.20. The molecule has 1 aliphatic rings. The van der Waals surface area contributed by atoms with Crippen molar-refractivity contribution in [3.63, 3.8) is 0 Å². The highest BCUT2D eigenvalue weighted by atomic mass is 79.9. The minimum absolute atomic E-state index is 0.251. The molecule has 1 aromatic rings. The zero-order chi connectivity index (χ0) is 14.7. The molecule has 1 aliphatic heterocycles. The highest BCUT2D eigenvalue weighted by Gasteiger charge is 2.20. The minimum atomic E-state index is -0.251. The number of rotatable bonds is 4. The Morgan fingerprint density at radius 3 is 2.70 bits per heavy atom. The molecule has 0 saturated carbocycles. The number of methoxy groups -OCH3 is 1. The molecule has 7 heteroatoms. The van der Waals surface area contributed by atoms with Gasteiger partial charge in [-0.15, -0.1) is 0 Å². The van der Waals surface area contributed by atoms with E-state index in [4.69, 9.17) is 21.7 Å². The van der Waals surface area contributed by atoms with Crippen LogP contribution >= 0.6 is 28.1 Å². The zero-order valence-electron chi connectivity index (χ0n) is 11.0. The van der Waals surface area contributed by atoms with Crippen LogP contribution in [0.15, 0.2) is 22.3 Å². The van der Waals surface area contributed by atoms with Gasteiger partial charge >= 0.3 is 0 Å². The summed E-state index contributed by atoms with van der Waals surface area (Å²) in [5, 5.41) is 5.60. The van der Waals surface area contributed by atoms with Gasteiger partial charge in [0.15, 0.2) is 16.6 Å². The topological polar surface area (TPSA) is 59.6 Å². The largest absolute Gasteiger partial charge is 0.493 e. The Bertz CT molecular complexity index is 602. The molecule has 2 rings (SSSR count). The number of hydrogen-bond acceptors (Lipinski definition) is 4. The van der Waals surface area contributed by atoms with Gasteiger partial charge in [-0.3, -0.25) is 10.1 Å². The standard InChI is InChI=1S/C13H13BrN2O3S/c1-3-19-11-8(14)4-7(6-10(11)18-2)5-9-12(17)16-13(20)15-9/h4-6H,3H2,1-2H3,(H2,15,16,17,20). The Labute approximate surface area is 130 Å². The fourth-order valence-electron chi connectivity index (χ4n) is 1.76. The van der Waals surface area contributed by atoms with Crippen molar-refractivity contribution in [3.05, 3.63) is 27.9 Å². The van der Waals surface area contributed by atoms with E-state index in [2.05, 4.69) is 26.6 Å². The summed E-state index contributed by atoms with van der Waals surface area (Å²) in [4.78, 5) is 11.6. The lowest BCUT2D eigenvalue weighted by Gasteiger charge is -2.12. The lowest BCUT2D eigenvalue weighted by Crippen LogP contribution is -2.21. The summed E-state index contributed by atoms with van der Waals surface area (Å²) < 4.78 is 11.6. The Morgan fingerprint density at radius 2 is 2.15 bits per heavy atom. The molecule has 1 fully saturated rings. The van der Waals surface area contributed by atoms with Crippen molar-refractivity contribution in [2.45, 2.75) is 6.92 Å². The van der Waals surface area contributed by atoms with Gasteiger partial charge in [-0.05, 0) is 58.8 Å². The number of halogens is 1. The van der Waals surface area contributed by atoms with Crippen molar-refractivity contribution in [1.29, 1.82) is 0 Å². The molecule has 0 bridgehead atoms. The summed E-state index contributed by atoms with van der Waals surface area (Å²) >= 11 is 8.32. The summed E-state index contributed by atoms with van der Waals surface area (Å²) in [5.74, 6) is 0.976. The summed E-state index contributed by atoms with van der Waals surface area (Å²) in [6.07, 6.45) is 1.69. The van der Waals surface area contributed by atoms with Crippen molar-refractivity contribution in [1.82, 2.24) is 10.6 Å². The summed E-state index contributed by atoms with van der Waals surface area (Å²) in [6, 6.07) is 3.63. The molecule has 0 spiro atoms. The van der Waals surface area contributed by atoms with Crippen molar-refractivity contribution >= 4 is 45.2 Å². The van der Waals surface area contributed by atoms with Gasteiger partial charge in [0.25, 0.3) is 5.91 Å². The van der Waals surface area contributed by atoms with Gasteiger partial charge in [0.1, 0.15) is 5.70 Å². The van der Waals surface area contributed by atoms with Crippen LogP contribution in [0.5, 0.6) is 11.5 Å². The second kappa shape index (κ2) is 6.23. The Kier molecular flexibility index (Phi) is 4.61. The Hall–Kier alpha value is -1.60. The van der Waals surface area contributed by atoms with Crippen LogP contribution in [0.1, 0.15) is 12.5 Å². The van der Waals surface area contributed by atoms with E-state index in [-0.39, 0.29) is 5.91 Å². The first-order chi connectivity index (χ1) is 9.55. The number of thiocarbonyl (C=S) groups is 1. The third-order valence-corrected chi connectivity index (χ3v) is 3.36. The molecule has 1 amide bonds. The summed E-state index contributed by atoms with van der Waals surface area (Å²) in [5.41, 5.74) is 1.19. The van der Waals surface area contributed by atoms with Crippen LogP contribution in [0.25, 0.3) is 6.08 Å². The van der Waals surface area contributed by atoms with Gasteiger partial charge in [0.05, 0.1) is 18.2 Å². The van der Waals surface area contributed by atoms with Gasteiger partial charge in [0, 0.05) is 0 Å². The third-order valence-electron chi connectivity index (χ3n) is 2.57. The third kappa shape index (κ3) is 3.10. The van der Waals surface area contributed by atoms with E-state index in [1.54, 1.807) is 19.3 Å². The van der Waals surface area contributed by atoms with Crippen molar-refractivity contribution in [2.75, 3.05) is 13.7 Å². The number of amides is 1. The van der Waals surface area contributed by atoms with E-state index in [1.807, 2.05) is 13.0 Å². The number of nitrogens with one attached hydrogen (secondary N) is 2. The van der Waals surface area contributed by atoms with Crippen LogP contribution in [-0.4, -0.2) is 24.7 Å². The number of carbonyl (C=O) groups excluding carboxylic acids is 1. The molecule has 0 atom stereocenters. The van der Waals surface area contributed by atoms with Gasteiger partial charge < -0.3 is 14.8 Å². The molecule has 1 saturated heterocycles. The quantitative estimate of drug-likeness (QED) is 0.639. The van der Waals surface area contributed by atoms with Crippen LogP contribution in [-0.2, 0) is 4.79 Å². The van der Waals surface area contributed by atoms with Crippen LogP contribution in [0.2, 0.25) is 0 Å². The Balaban J connectivity index is 2.39. The maximum absolute atomic E-state index is 11.6. The average molecular weight is 357 g/mol. The first kappa shape index (κ1) is 14.8. The molecule has 106 valence electrons. The normalized spacial score (nSPS) is 16.1.